The normalized spacial score (nSPS) is 16.2. The first kappa shape index (κ1) is 21.5. The van der Waals surface area contributed by atoms with E-state index >= 15 is 0 Å². The van der Waals surface area contributed by atoms with Crippen LogP contribution in [0.2, 0.25) is 0 Å². The van der Waals surface area contributed by atoms with E-state index in [9.17, 15) is 19.2 Å². The van der Waals surface area contributed by atoms with Gasteiger partial charge in [-0.2, -0.15) is 0 Å². The maximum atomic E-state index is 11.3. The van der Waals surface area contributed by atoms with Gasteiger partial charge < -0.3 is 21.3 Å². The Labute approximate surface area is 154 Å². The summed E-state index contributed by atoms with van der Waals surface area (Å²) in [5.74, 6) is 0.796. The Morgan fingerprint density at radius 1 is 0.846 bits per heavy atom. The number of hydrogen-bond donors (Lipinski definition) is 4. The molecule has 2 aliphatic heterocycles. The van der Waals surface area contributed by atoms with Crippen molar-refractivity contribution in [1.29, 1.82) is 0 Å². The molecule has 2 aliphatic rings. The van der Waals surface area contributed by atoms with Gasteiger partial charge in [-0.1, -0.05) is 27.7 Å². The fourth-order valence-corrected chi connectivity index (χ4v) is 2.10. The van der Waals surface area contributed by atoms with Gasteiger partial charge >= 0.3 is 24.1 Å². The molecule has 2 saturated heterocycles. The summed E-state index contributed by atoms with van der Waals surface area (Å²) < 4.78 is 0. The molecule has 10 nitrogen and oxygen atoms in total. The van der Waals surface area contributed by atoms with Crippen LogP contribution >= 0.6 is 0 Å². The van der Waals surface area contributed by atoms with Gasteiger partial charge in [0.2, 0.25) is 0 Å². The van der Waals surface area contributed by atoms with Gasteiger partial charge in [0, 0.05) is 39.3 Å². The maximum Gasteiger partial charge on any atom is 0.325 e. The molecule has 2 fully saturated rings. The Hall–Kier alpha value is -2.52. The largest absolute Gasteiger partial charge is 0.337 e. The molecule has 0 bridgehead atoms. The highest BCUT2D eigenvalue weighted by molar-refractivity contribution is 5.95. The Balaban J connectivity index is 0.000000260. The maximum absolute atomic E-state index is 11.3. The van der Waals surface area contributed by atoms with Gasteiger partial charge in [0.1, 0.15) is 0 Å². The molecule has 2 heterocycles. The molecular weight excluding hydrogens is 340 g/mol. The number of amides is 8. The lowest BCUT2D eigenvalue weighted by atomic mass is 10.2. The molecule has 0 radical (unpaired) electrons. The van der Waals surface area contributed by atoms with E-state index in [1.165, 1.54) is 9.80 Å². The van der Waals surface area contributed by atoms with E-state index in [0.29, 0.717) is 51.1 Å². The molecule has 0 unspecified atom stereocenters. The lowest BCUT2D eigenvalue weighted by Crippen LogP contribution is -2.43. The smallest absolute Gasteiger partial charge is 0.325 e. The lowest BCUT2D eigenvalue weighted by Gasteiger charge is -2.14. The Kier molecular flexibility index (Phi) is 8.66. The fraction of sp³-hybridized carbons (Fsp3) is 0.750. The zero-order chi connectivity index (χ0) is 19.7. The van der Waals surface area contributed by atoms with Crippen LogP contribution in [0.5, 0.6) is 0 Å². The van der Waals surface area contributed by atoms with Crippen LogP contribution in [0.4, 0.5) is 19.2 Å². The minimum Gasteiger partial charge on any atom is -0.337 e. The number of rotatable bonds is 4. The first-order valence-corrected chi connectivity index (χ1v) is 8.88. The number of nitrogens with zero attached hydrogens (tertiary/aromatic N) is 2. The number of urea groups is 4. The van der Waals surface area contributed by atoms with Crippen molar-refractivity contribution in [3.63, 3.8) is 0 Å². The second-order valence-electron chi connectivity index (χ2n) is 6.93. The SMILES string of the molecule is CC(C)CNC(=O)N1CCNC1=O.CC(C)CNC(=O)N1CCNC1=O. The van der Waals surface area contributed by atoms with Gasteiger partial charge in [-0.05, 0) is 11.8 Å². The van der Waals surface area contributed by atoms with Crippen LogP contribution in [0.1, 0.15) is 27.7 Å². The van der Waals surface area contributed by atoms with E-state index in [1.54, 1.807) is 0 Å². The summed E-state index contributed by atoms with van der Waals surface area (Å²) in [4.78, 5) is 47.0. The summed E-state index contributed by atoms with van der Waals surface area (Å²) in [6.07, 6.45) is 0. The minimum absolute atomic E-state index is 0.302. The van der Waals surface area contributed by atoms with E-state index in [1.807, 2.05) is 27.7 Å². The van der Waals surface area contributed by atoms with Gasteiger partial charge in [0.25, 0.3) is 0 Å². The predicted molar refractivity (Wildman–Crippen MR) is 96.7 cm³/mol. The second kappa shape index (κ2) is 10.5. The van der Waals surface area contributed by atoms with Crippen molar-refractivity contribution in [3.8, 4) is 0 Å². The summed E-state index contributed by atoms with van der Waals surface area (Å²) in [5.41, 5.74) is 0. The molecule has 0 aliphatic carbocycles. The standard InChI is InChI=1S/2C8H15N3O2/c2*1-6(2)5-10-8(13)11-4-3-9-7(11)12/h2*6H,3-5H2,1-2H3,(H,9,12)(H,10,13). The van der Waals surface area contributed by atoms with Crippen LogP contribution in [0.3, 0.4) is 0 Å². The molecular formula is C16H30N6O4. The van der Waals surface area contributed by atoms with Crippen LogP contribution in [0, 0.1) is 11.8 Å². The number of carbonyl (C=O) groups is 4. The number of carbonyl (C=O) groups excluding carboxylic acids is 4. The van der Waals surface area contributed by atoms with Crippen molar-refractivity contribution in [2.75, 3.05) is 39.3 Å². The molecule has 2 rings (SSSR count). The van der Waals surface area contributed by atoms with Crippen LogP contribution in [-0.4, -0.2) is 73.2 Å². The van der Waals surface area contributed by atoms with Gasteiger partial charge in [-0.25, -0.2) is 29.0 Å². The molecule has 0 saturated carbocycles. The molecule has 0 aromatic heterocycles. The summed E-state index contributed by atoms with van der Waals surface area (Å²) >= 11 is 0. The van der Waals surface area contributed by atoms with E-state index in [0.717, 1.165) is 0 Å². The lowest BCUT2D eigenvalue weighted by molar-refractivity contribution is 0.196. The minimum atomic E-state index is -0.304. The Morgan fingerprint density at radius 2 is 1.19 bits per heavy atom. The number of nitrogens with one attached hydrogen (secondary N) is 4. The third-order valence-corrected chi connectivity index (χ3v) is 3.53. The zero-order valence-corrected chi connectivity index (χ0v) is 15.9. The van der Waals surface area contributed by atoms with Gasteiger partial charge in [0.15, 0.2) is 0 Å². The van der Waals surface area contributed by atoms with Crippen molar-refractivity contribution >= 4 is 24.1 Å². The number of hydrogen-bond acceptors (Lipinski definition) is 4. The Morgan fingerprint density at radius 3 is 1.42 bits per heavy atom. The molecule has 0 aromatic carbocycles. The van der Waals surface area contributed by atoms with Crippen LogP contribution < -0.4 is 21.3 Å². The fourth-order valence-electron chi connectivity index (χ4n) is 2.10. The molecule has 26 heavy (non-hydrogen) atoms. The highest BCUT2D eigenvalue weighted by Crippen LogP contribution is 1.98. The average molecular weight is 370 g/mol. The molecule has 0 atom stereocenters. The first-order valence-electron chi connectivity index (χ1n) is 8.88. The highest BCUT2D eigenvalue weighted by atomic mass is 16.2. The van der Waals surface area contributed by atoms with E-state index in [2.05, 4.69) is 21.3 Å². The zero-order valence-electron chi connectivity index (χ0n) is 15.9. The number of imide groups is 2. The summed E-state index contributed by atoms with van der Waals surface area (Å²) in [6.45, 7) is 11.2. The monoisotopic (exact) mass is 370 g/mol. The van der Waals surface area contributed by atoms with Crippen molar-refractivity contribution in [2.24, 2.45) is 11.8 Å². The van der Waals surface area contributed by atoms with Gasteiger partial charge in [0.05, 0.1) is 0 Å². The summed E-state index contributed by atoms with van der Waals surface area (Å²) in [5, 5.41) is 10.5. The van der Waals surface area contributed by atoms with E-state index in [-0.39, 0.29) is 24.1 Å². The molecule has 0 aromatic rings. The van der Waals surface area contributed by atoms with Crippen LogP contribution in [0.25, 0.3) is 0 Å². The average Bonchev–Trinajstić information content (AvgIpc) is 3.19. The molecule has 148 valence electrons. The van der Waals surface area contributed by atoms with Crippen molar-refractivity contribution in [1.82, 2.24) is 31.1 Å². The van der Waals surface area contributed by atoms with E-state index in [4.69, 9.17) is 0 Å². The first-order chi connectivity index (χ1) is 12.2. The Bertz CT molecular complexity index is 477. The highest BCUT2D eigenvalue weighted by Gasteiger charge is 2.26. The molecule has 0 spiro atoms. The molecule has 8 amide bonds. The predicted octanol–water partition coefficient (Wildman–Crippen LogP) is 0.754. The quantitative estimate of drug-likeness (QED) is 0.583. The third-order valence-electron chi connectivity index (χ3n) is 3.53. The van der Waals surface area contributed by atoms with Crippen LogP contribution in [0.15, 0.2) is 0 Å². The third kappa shape index (κ3) is 7.16. The summed E-state index contributed by atoms with van der Waals surface area (Å²) in [6, 6.07) is -1.21. The van der Waals surface area contributed by atoms with Gasteiger partial charge in [-0.3, -0.25) is 0 Å². The van der Waals surface area contributed by atoms with E-state index < -0.39 is 0 Å². The van der Waals surface area contributed by atoms with Crippen molar-refractivity contribution in [2.45, 2.75) is 27.7 Å². The molecule has 4 N–H and O–H groups in total. The second-order valence-corrected chi connectivity index (χ2v) is 6.93. The van der Waals surface area contributed by atoms with Crippen molar-refractivity contribution in [3.05, 3.63) is 0 Å². The van der Waals surface area contributed by atoms with Crippen LogP contribution in [-0.2, 0) is 0 Å². The van der Waals surface area contributed by atoms with Crippen molar-refractivity contribution < 1.29 is 19.2 Å². The topological polar surface area (TPSA) is 123 Å². The van der Waals surface area contributed by atoms with Gasteiger partial charge in [-0.15, -0.1) is 0 Å². The molecule has 10 heteroatoms. The summed E-state index contributed by atoms with van der Waals surface area (Å²) in [7, 11) is 0.